The van der Waals surface area contributed by atoms with Crippen LogP contribution in [0.15, 0.2) is 36.4 Å². The summed E-state index contributed by atoms with van der Waals surface area (Å²) in [4.78, 5) is 14.0. The Balaban J connectivity index is 1.66. The normalized spacial score (nSPS) is 15.2. The SMILES string of the molecule is Cc1cc(F)c(OCc2ccccc2C2CCN(C(=O)OC(C)(C)C)CC2)c(F)c1. The van der Waals surface area contributed by atoms with Crippen molar-refractivity contribution < 1.29 is 23.0 Å². The molecule has 0 saturated carbocycles. The molecule has 1 aliphatic heterocycles. The van der Waals surface area contributed by atoms with E-state index in [-0.39, 0.29) is 24.4 Å². The Labute approximate surface area is 176 Å². The van der Waals surface area contributed by atoms with Gasteiger partial charge in [-0.1, -0.05) is 24.3 Å². The van der Waals surface area contributed by atoms with Crippen molar-refractivity contribution in [3.63, 3.8) is 0 Å². The lowest BCUT2D eigenvalue weighted by molar-refractivity contribution is 0.0204. The van der Waals surface area contributed by atoms with Crippen LogP contribution < -0.4 is 4.74 Å². The first kappa shape index (κ1) is 22.1. The van der Waals surface area contributed by atoms with E-state index in [1.807, 2.05) is 45.0 Å². The van der Waals surface area contributed by atoms with Gasteiger partial charge >= 0.3 is 6.09 Å². The molecular formula is C24H29F2NO3. The quantitative estimate of drug-likeness (QED) is 0.615. The van der Waals surface area contributed by atoms with Gasteiger partial charge in [0.05, 0.1) is 0 Å². The molecule has 0 bridgehead atoms. The van der Waals surface area contributed by atoms with Crippen LogP contribution in [0.3, 0.4) is 0 Å². The fourth-order valence-electron chi connectivity index (χ4n) is 3.74. The number of aryl methyl sites for hydroxylation is 1. The number of likely N-dealkylation sites (tertiary alicyclic amines) is 1. The first-order chi connectivity index (χ1) is 14.1. The van der Waals surface area contributed by atoms with Crippen LogP contribution in [0.5, 0.6) is 5.75 Å². The summed E-state index contributed by atoms with van der Waals surface area (Å²) in [7, 11) is 0. The zero-order valence-electron chi connectivity index (χ0n) is 18.0. The van der Waals surface area contributed by atoms with Crippen LogP contribution in [0.25, 0.3) is 0 Å². The molecule has 30 heavy (non-hydrogen) atoms. The third-order valence-electron chi connectivity index (χ3n) is 5.16. The number of carbonyl (C=O) groups is 1. The van der Waals surface area contributed by atoms with E-state index in [2.05, 4.69) is 0 Å². The van der Waals surface area contributed by atoms with Crippen LogP contribution in [0.1, 0.15) is 56.2 Å². The van der Waals surface area contributed by atoms with Gasteiger partial charge in [0.15, 0.2) is 17.4 Å². The third-order valence-corrected chi connectivity index (χ3v) is 5.16. The molecule has 0 aromatic heterocycles. The predicted octanol–water partition coefficient (Wildman–Crippen LogP) is 5.97. The molecule has 1 heterocycles. The van der Waals surface area contributed by atoms with Crippen LogP contribution in [-0.4, -0.2) is 29.7 Å². The second-order valence-electron chi connectivity index (χ2n) is 8.79. The second kappa shape index (κ2) is 9.02. The zero-order valence-corrected chi connectivity index (χ0v) is 18.0. The number of ether oxygens (including phenoxy) is 2. The first-order valence-corrected chi connectivity index (χ1v) is 10.3. The van der Waals surface area contributed by atoms with Crippen LogP contribution in [0.2, 0.25) is 0 Å². The van der Waals surface area contributed by atoms with E-state index < -0.39 is 17.2 Å². The molecule has 0 aliphatic carbocycles. The van der Waals surface area contributed by atoms with Crippen molar-refractivity contribution in [2.24, 2.45) is 0 Å². The fourth-order valence-corrected chi connectivity index (χ4v) is 3.74. The van der Waals surface area contributed by atoms with Gasteiger partial charge in [-0.15, -0.1) is 0 Å². The Bertz CT molecular complexity index is 877. The number of hydrogen-bond acceptors (Lipinski definition) is 3. The number of rotatable bonds is 4. The van der Waals surface area contributed by atoms with Crippen molar-refractivity contribution in [3.05, 3.63) is 64.7 Å². The van der Waals surface area contributed by atoms with Gasteiger partial charge in [-0.05, 0) is 75.3 Å². The van der Waals surface area contributed by atoms with Gasteiger partial charge in [0.2, 0.25) is 0 Å². The molecule has 1 amide bonds. The van der Waals surface area contributed by atoms with Gasteiger partial charge in [0, 0.05) is 13.1 Å². The second-order valence-corrected chi connectivity index (χ2v) is 8.79. The van der Waals surface area contributed by atoms with Crippen molar-refractivity contribution in [3.8, 4) is 5.75 Å². The summed E-state index contributed by atoms with van der Waals surface area (Å²) < 4.78 is 39.2. The number of nitrogens with zero attached hydrogens (tertiary/aromatic N) is 1. The van der Waals surface area contributed by atoms with Gasteiger partial charge in [-0.3, -0.25) is 0 Å². The van der Waals surface area contributed by atoms with Gasteiger partial charge in [0.1, 0.15) is 12.2 Å². The molecule has 6 heteroatoms. The van der Waals surface area contributed by atoms with Gasteiger partial charge < -0.3 is 14.4 Å². The maximum atomic E-state index is 14.1. The molecule has 1 fully saturated rings. The Kier molecular flexibility index (Phi) is 6.64. The van der Waals surface area contributed by atoms with Crippen molar-refractivity contribution in [1.82, 2.24) is 4.90 Å². The molecule has 3 rings (SSSR count). The molecule has 0 radical (unpaired) electrons. The van der Waals surface area contributed by atoms with Crippen LogP contribution >= 0.6 is 0 Å². The number of piperidine rings is 1. The number of halogens is 2. The minimum absolute atomic E-state index is 0.0827. The monoisotopic (exact) mass is 417 g/mol. The van der Waals surface area contributed by atoms with E-state index in [0.717, 1.165) is 24.0 Å². The van der Waals surface area contributed by atoms with Crippen LogP contribution in [0, 0.1) is 18.6 Å². The summed E-state index contributed by atoms with van der Waals surface area (Å²) in [6, 6.07) is 10.3. The summed E-state index contributed by atoms with van der Waals surface area (Å²) in [5.41, 5.74) is 1.98. The maximum Gasteiger partial charge on any atom is 0.410 e. The molecule has 0 spiro atoms. The lowest BCUT2D eigenvalue weighted by Crippen LogP contribution is -2.41. The molecule has 1 saturated heterocycles. The lowest BCUT2D eigenvalue weighted by Gasteiger charge is -2.34. The standard InChI is InChI=1S/C24H29F2NO3/c1-16-13-20(25)22(21(26)14-16)29-15-18-7-5-6-8-19(18)17-9-11-27(12-10-17)23(28)30-24(2,3)4/h5-8,13-14,17H,9-12,15H2,1-4H3. The van der Waals surface area contributed by atoms with E-state index in [4.69, 9.17) is 9.47 Å². The largest absolute Gasteiger partial charge is 0.483 e. The van der Waals surface area contributed by atoms with E-state index in [9.17, 15) is 13.6 Å². The molecule has 0 N–H and O–H groups in total. The van der Waals surface area contributed by atoms with E-state index in [1.54, 1.807) is 11.8 Å². The highest BCUT2D eigenvalue weighted by atomic mass is 19.1. The molecule has 2 aromatic carbocycles. The maximum absolute atomic E-state index is 14.1. The van der Waals surface area contributed by atoms with E-state index in [1.165, 1.54) is 12.1 Å². The topological polar surface area (TPSA) is 38.8 Å². The van der Waals surface area contributed by atoms with Crippen molar-refractivity contribution in [2.45, 2.75) is 58.7 Å². The first-order valence-electron chi connectivity index (χ1n) is 10.3. The smallest absolute Gasteiger partial charge is 0.410 e. The lowest BCUT2D eigenvalue weighted by atomic mass is 9.87. The highest BCUT2D eigenvalue weighted by Crippen LogP contribution is 2.32. The molecule has 1 aliphatic rings. The Hall–Kier alpha value is -2.63. The predicted molar refractivity (Wildman–Crippen MR) is 112 cm³/mol. The molecule has 4 nitrogen and oxygen atoms in total. The summed E-state index contributed by atoms with van der Waals surface area (Å²) in [5.74, 6) is -1.50. The van der Waals surface area contributed by atoms with Crippen LogP contribution in [-0.2, 0) is 11.3 Å². The average molecular weight is 417 g/mol. The highest BCUT2D eigenvalue weighted by Gasteiger charge is 2.28. The van der Waals surface area contributed by atoms with Crippen molar-refractivity contribution >= 4 is 6.09 Å². The average Bonchev–Trinajstić information content (AvgIpc) is 2.66. The fraction of sp³-hybridized carbons (Fsp3) is 0.458. The van der Waals surface area contributed by atoms with Gasteiger partial charge in [-0.2, -0.15) is 0 Å². The number of carbonyl (C=O) groups excluding carboxylic acids is 1. The zero-order chi connectivity index (χ0) is 21.9. The molecule has 0 atom stereocenters. The molecule has 2 aromatic rings. The van der Waals surface area contributed by atoms with Crippen molar-refractivity contribution in [1.29, 1.82) is 0 Å². The molecule has 0 unspecified atom stereocenters. The van der Waals surface area contributed by atoms with Crippen molar-refractivity contribution in [2.75, 3.05) is 13.1 Å². The molecular weight excluding hydrogens is 388 g/mol. The highest BCUT2D eigenvalue weighted by molar-refractivity contribution is 5.68. The summed E-state index contributed by atoms with van der Waals surface area (Å²) in [6.45, 7) is 8.50. The summed E-state index contributed by atoms with van der Waals surface area (Å²) in [5, 5.41) is 0. The van der Waals surface area contributed by atoms with Gasteiger partial charge in [0.25, 0.3) is 0 Å². The van der Waals surface area contributed by atoms with E-state index >= 15 is 0 Å². The number of hydrogen-bond donors (Lipinski definition) is 0. The van der Waals surface area contributed by atoms with E-state index in [0.29, 0.717) is 18.7 Å². The minimum atomic E-state index is -0.698. The Morgan fingerprint density at radius 3 is 2.30 bits per heavy atom. The third kappa shape index (κ3) is 5.49. The summed E-state index contributed by atoms with van der Waals surface area (Å²) >= 11 is 0. The Morgan fingerprint density at radius 2 is 1.70 bits per heavy atom. The van der Waals surface area contributed by atoms with Gasteiger partial charge in [-0.25, -0.2) is 13.6 Å². The summed E-state index contributed by atoms with van der Waals surface area (Å²) in [6.07, 6.45) is 1.30. The molecule has 162 valence electrons. The van der Waals surface area contributed by atoms with Crippen LogP contribution in [0.4, 0.5) is 13.6 Å². The minimum Gasteiger partial charge on any atom is -0.483 e. The number of amides is 1. The number of benzene rings is 2. The Morgan fingerprint density at radius 1 is 1.10 bits per heavy atom.